The van der Waals surface area contributed by atoms with Gasteiger partial charge in [-0.1, -0.05) is 0 Å². The van der Waals surface area contributed by atoms with Crippen molar-refractivity contribution < 1.29 is 4.79 Å². The average molecular weight is 331 g/mol. The summed E-state index contributed by atoms with van der Waals surface area (Å²) >= 11 is 1.40. The third-order valence-corrected chi connectivity index (χ3v) is 6.17. The Morgan fingerprint density at radius 2 is 1.83 bits per heavy atom. The standard InChI is InChI=1S/C17H21N3O2S/c1-11-13-15(18-12-7-3-6-10-20(12)16(13)21)23-14(11)17(22)19-8-4-2-5-9-19/h2-10H2,1H3. The summed E-state index contributed by atoms with van der Waals surface area (Å²) < 4.78 is 1.81. The molecule has 0 unspecified atom stereocenters. The predicted molar refractivity (Wildman–Crippen MR) is 91.3 cm³/mol. The third-order valence-electron chi connectivity index (χ3n) is 5.00. The van der Waals surface area contributed by atoms with Crippen LogP contribution in [0, 0.1) is 6.92 Å². The van der Waals surface area contributed by atoms with Crippen LogP contribution >= 0.6 is 11.3 Å². The van der Waals surface area contributed by atoms with Gasteiger partial charge in [-0.2, -0.15) is 0 Å². The summed E-state index contributed by atoms with van der Waals surface area (Å²) in [5.74, 6) is 0.958. The number of rotatable bonds is 1. The van der Waals surface area contributed by atoms with Crippen molar-refractivity contribution in [1.29, 1.82) is 0 Å². The maximum Gasteiger partial charge on any atom is 0.264 e. The lowest BCUT2D eigenvalue weighted by molar-refractivity contribution is 0.0728. The molecule has 0 radical (unpaired) electrons. The van der Waals surface area contributed by atoms with Gasteiger partial charge in [0.05, 0.1) is 10.3 Å². The van der Waals surface area contributed by atoms with Crippen molar-refractivity contribution in [3.8, 4) is 0 Å². The lowest BCUT2D eigenvalue weighted by Crippen LogP contribution is -2.35. The van der Waals surface area contributed by atoms with Gasteiger partial charge in [0.1, 0.15) is 10.7 Å². The molecule has 0 atom stereocenters. The minimum Gasteiger partial charge on any atom is -0.338 e. The van der Waals surface area contributed by atoms with E-state index < -0.39 is 0 Å². The van der Waals surface area contributed by atoms with E-state index in [0.29, 0.717) is 10.3 Å². The normalized spacial score (nSPS) is 18.2. The van der Waals surface area contributed by atoms with Crippen LogP contribution in [0.15, 0.2) is 4.79 Å². The summed E-state index contributed by atoms with van der Waals surface area (Å²) in [6, 6.07) is 0. The monoisotopic (exact) mass is 331 g/mol. The van der Waals surface area contributed by atoms with E-state index in [2.05, 4.69) is 0 Å². The molecule has 122 valence electrons. The smallest absolute Gasteiger partial charge is 0.264 e. The summed E-state index contributed by atoms with van der Waals surface area (Å²) in [6.07, 6.45) is 6.32. The largest absolute Gasteiger partial charge is 0.338 e. The van der Waals surface area contributed by atoms with Crippen LogP contribution in [-0.4, -0.2) is 33.4 Å². The zero-order chi connectivity index (χ0) is 16.0. The first-order valence-electron chi connectivity index (χ1n) is 8.49. The zero-order valence-electron chi connectivity index (χ0n) is 13.4. The lowest BCUT2D eigenvalue weighted by atomic mass is 10.1. The number of carbonyl (C=O) groups is 1. The van der Waals surface area contributed by atoms with E-state index in [0.717, 1.165) is 68.0 Å². The molecule has 2 aromatic heterocycles. The maximum atomic E-state index is 12.8. The topological polar surface area (TPSA) is 55.2 Å². The molecule has 0 N–H and O–H groups in total. The van der Waals surface area contributed by atoms with Crippen LogP contribution in [0.2, 0.25) is 0 Å². The van der Waals surface area contributed by atoms with Gasteiger partial charge in [-0.25, -0.2) is 4.98 Å². The molecule has 2 aromatic rings. The fraction of sp³-hybridized carbons (Fsp3) is 0.588. The highest BCUT2D eigenvalue weighted by Gasteiger charge is 2.26. The number of amides is 1. The first-order chi connectivity index (χ1) is 11.2. The number of hydrogen-bond acceptors (Lipinski definition) is 4. The maximum absolute atomic E-state index is 12.8. The number of piperidine rings is 1. The molecule has 6 heteroatoms. The molecule has 0 aromatic carbocycles. The molecule has 1 fully saturated rings. The number of aryl methyl sites for hydroxylation is 2. The Morgan fingerprint density at radius 3 is 2.61 bits per heavy atom. The Balaban J connectivity index is 1.82. The van der Waals surface area contributed by atoms with Crippen LogP contribution in [0.5, 0.6) is 0 Å². The molecule has 4 rings (SSSR count). The molecular formula is C17H21N3O2S. The van der Waals surface area contributed by atoms with Gasteiger partial charge in [0.2, 0.25) is 0 Å². The number of likely N-dealkylation sites (tertiary alicyclic amines) is 1. The Morgan fingerprint density at radius 1 is 1.09 bits per heavy atom. The lowest BCUT2D eigenvalue weighted by Gasteiger charge is -2.26. The van der Waals surface area contributed by atoms with Crippen LogP contribution in [0.1, 0.15) is 53.2 Å². The van der Waals surface area contributed by atoms with E-state index in [1.54, 1.807) is 4.57 Å². The first kappa shape index (κ1) is 14.9. The Bertz CT molecular complexity index is 830. The Hall–Kier alpha value is -1.69. The van der Waals surface area contributed by atoms with Crippen molar-refractivity contribution in [3.05, 3.63) is 26.6 Å². The van der Waals surface area contributed by atoms with Gasteiger partial charge in [-0.3, -0.25) is 14.2 Å². The minimum absolute atomic E-state index is 0.0381. The molecule has 1 saturated heterocycles. The molecule has 0 aliphatic carbocycles. The molecule has 0 bridgehead atoms. The highest BCUT2D eigenvalue weighted by atomic mass is 32.1. The van der Waals surface area contributed by atoms with E-state index >= 15 is 0 Å². The molecular weight excluding hydrogens is 310 g/mol. The summed E-state index contributed by atoms with van der Waals surface area (Å²) in [4.78, 5) is 33.7. The van der Waals surface area contributed by atoms with Crippen molar-refractivity contribution in [3.63, 3.8) is 0 Å². The summed E-state index contributed by atoms with van der Waals surface area (Å²) in [7, 11) is 0. The van der Waals surface area contributed by atoms with Crippen molar-refractivity contribution in [2.24, 2.45) is 0 Å². The molecule has 2 aliphatic heterocycles. The quantitative estimate of drug-likeness (QED) is 0.807. The molecule has 1 amide bonds. The van der Waals surface area contributed by atoms with Crippen LogP contribution < -0.4 is 5.56 Å². The summed E-state index contributed by atoms with van der Waals surface area (Å²) in [5, 5.41) is 0.654. The van der Waals surface area contributed by atoms with Crippen molar-refractivity contribution in [1.82, 2.24) is 14.5 Å². The van der Waals surface area contributed by atoms with Crippen LogP contribution in [0.4, 0.5) is 0 Å². The molecule has 0 saturated carbocycles. The second kappa shape index (κ2) is 5.74. The Labute approximate surface area is 138 Å². The molecule has 2 aliphatic rings. The third kappa shape index (κ3) is 2.40. The van der Waals surface area contributed by atoms with Gasteiger partial charge in [-0.05, 0) is 44.6 Å². The molecule has 5 nitrogen and oxygen atoms in total. The van der Waals surface area contributed by atoms with E-state index in [-0.39, 0.29) is 11.5 Å². The van der Waals surface area contributed by atoms with Crippen LogP contribution in [0.3, 0.4) is 0 Å². The fourth-order valence-electron chi connectivity index (χ4n) is 3.68. The van der Waals surface area contributed by atoms with Gasteiger partial charge in [-0.15, -0.1) is 11.3 Å². The number of hydrogen-bond donors (Lipinski definition) is 0. The van der Waals surface area contributed by atoms with Crippen LogP contribution in [-0.2, 0) is 13.0 Å². The van der Waals surface area contributed by atoms with Gasteiger partial charge in [0, 0.05) is 26.1 Å². The van der Waals surface area contributed by atoms with E-state index in [4.69, 9.17) is 4.98 Å². The van der Waals surface area contributed by atoms with E-state index in [9.17, 15) is 9.59 Å². The van der Waals surface area contributed by atoms with E-state index in [1.807, 2.05) is 11.8 Å². The van der Waals surface area contributed by atoms with Gasteiger partial charge in [0.15, 0.2) is 0 Å². The summed E-state index contributed by atoms with van der Waals surface area (Å²) in [5.41, 5.74) is 0.857. The van der Waals surface area contributed by atoms with Gasteiger partial charge >= 0.3 is 0 Å². The van der Waals surface area contributed by atoms with E-state index in [1.165, 1.54) is 17.8 Å². The number of thiophene rings is 1. The first-order valence-corrected chi connectivity index (χ1v) is 9.30. The predicted octanol–water partition coefficient (Wildman–Crippen LogP) is 2.73. The van der Waals surface area contributed by atoms with Gasteiger partial charge in [0.25, 0.3) is 11.5 Å². The highest BCUT2D eigenvalue weighted by molar-refractivity contribution is 7.20. The zero-order valence-corrected chi connectivity index (χ0v) is 14.2. The van der Waals surface area contributed by atoms with Crippen LogP contribution in [0.25, 0.3) is 10.2 Å². The molecule has 4 heterocycles. The van der Waals surface area contributed by atoms with Crippen molar-refractivity contribution in [2.75, 3.05) is 13.1 Å². The number of aromatic nitrogens is 2. The second-order valence-electron chi connectivity index (χ2n) is 6.53. The fourth-order valence-corrected chi connectivity index (χ4v) is 4.84. The average Bonchev–Trinajstić information content (AvgIpc) is 2.92. The molecule has 23 heavy (non-hydrogen) atoms. The highest BCUT2D eigenvalue weighted by Crippen LogP contribution is 2.30. The van der Waals surface area contributed by atoms with Crippen molar-refractivity contribution in [2.45, 2.75) is 52.0 Å². The second-order valence-corrected chi connectivity index (χ2v) is 7.53. The molecule has 0 spiro atoms. The minimum atomic E-state index is 0.0381. The summed E-state index contributed by atoms with van der Waals surface area (Å²) in [6.45, 7) is 4.31. The number of carbonyl (C=O) groups excluding carboxylic acids is 1. The Kier molecular flexibility index (Phi) is 3.71. The SMILES string of the molecule is Cc1c(C(=O)N2CCCCC2)sc2nc3n(c(=O)c12)CCCC3. The number of fused-ring (bicyclic) bond motifs is 2. The number of nitrogens with zero attached hydrogens (tertiary/aromatic N) is 3. The van der Waals surface area contributed by atoms with Crippen molar-refractivity contribution >= 4 is 27.5 Å². The van der Waals surface area contributed by atoms with Gasteiger partial charge < -0.3 is 4.90 Å².